The van der Waals surface area contributed by atoms with E-state index in [4.69, 9.17) is 4.84 Å². The van der Waals surface area contributed by atoms with Gasteiger partial charge in [0.1, 0.15) is 7.11 Å². The normalized spacial score (nSPS) is 17.9. The van der Waals surface area contributed by atoms with Crippen molar-refractivity contribution in [2.45, 2.75) is 12.8 Å². The summed E-state index contributed by atoms with van der Waals surface area (Å²) in [4.78, 5) is 18.2. The van der Waals surface area contributed by atoms with Gasteiger partial charge in [-0.15, -0.1) is 0 Å². The summed E-state index contributed by atoms with van der Waals surface area (Å²) in [7, 11) is 4.88. The molecule has 90 valence electrons. The summed E-state index contributed by atoms with van der Waals surface area (Å²) in [6, 6.07) is 0. The highest BCUT2D eigenvalue weighted by molar-refractivity contribution is 6.09. The molecule has 16 heavy (non-hydrogen) atoms. The van der Waals surface area contributed by atoms with Crippen LogP contribution in [0.1, 0.15) is 12.8 Å². The number of ether oxygens (including phenoxy) is 1. The molecule has 0 aromatic heterocycles. The van der Waals surface area contributed by atoms with Crippen molar-refractivity contribution in [1.82, 2.24) is 4.90 Å². The van der Waals surface area contributed by atoms with Gasteiger partial charge in [-0.1, -0.05) is 11.2 Å². The summed E-state index contributed by atoms with van der Waals surface area (Å²) in [5.74, 6) is -0.301. The molecule has 1 aliphatic rings. The summed E-state index contributed by atoms with van der Waals surface area (Å²) in [5.41, 5.74) is 1.70. The lowest BCUT2D eigenvalue weighted by molar-refractivity contribution is -0.139. The summed E-state index contributed by atoms with van der Waals surface area (Å²) in [6.45, 7) is 1.82. The Labute approximate surface area is 95.7 Å². The van der Waals surface area contributed by atoms with Crippen LogP contribution in [0.25, 0.3) is 0 Å². The van der Waals surface area contributed by atoms with Crippen LogP contribution in [0.5, 0.6) is 0 Å². The van der Waals surface area contributed by atoms with Gasteiger partial charge in [-0.3, -0.25) is 4.79 Å². The molecule has 0 bridgehead atoms. The Morgan fingerprint density at radius 3 is 2.88 bits per heavy atom. The highest BCUT2D eigenvalue weighted by atomic mass is 16.6. The number of rotatable bonds is 4. The molecule has 1 aliphatic heterocycles. The Bertz CT molecular complexity index is 310. The largest absolute Gasteiger partial charge is 0.469 e. The average Bonchev–Trinajstić information content (AvgIpc) is 2.28. The molecule has 0 aromatic rings. The van der Waals surface area contributed by atoms with E-state index in [9.17, 15) is 4.79 Å². The van der Waals surface area contributed by atoms with Gasteiger partial charge in [0, 0.05) is 13.1 Å². The molecule has 5 heteroatoms. The summed E-state index contributed by atoms with van der Waals surface area (Å²) in [6.07, 6.45) is 3.22. The van der Waals surface area contributed by atoms with Crippen LogP contribution in [-0.2, 0) is 14.4 Å². The molecule has 0 saturated carbocycles. The van der Waals surface area contributed by atoms with E-state index < -0.39 is 0 Å². The molecule has 1 heterocycles. The lowest BCUT2D eigenvalue weighted by Crippen LogP contribution is -2.29. The molecule has 0 unspecified atom stereocenters. The molecule has 0 N–H and O–H groups in total. The maximum atomic E-state index is 11.2. The van der Waals surface area contributed by atoms with E-state index >= 15 is 0 Å². The van der Waals surface area contributed by atoms with E-state index in [0.29, 0.717) is 5.71 Å². The molecule has 0 saturated heterocycles. The van der Waals surface area contributed by atoms with E-state index in [-0.39, 0.29) is 12.4 Å². The minimum atomic E-state index is -0.301. The second kappa shape index (κ2) is 6.27. The van der Waals surface area contributed by atoms with Gasteiger partial charge in [-0.25, -0.2) is 0 Å². The third-order valence-electron chi connectivity index (χ3n) is 2.45. The van der Waals surface area contributed by atoms with Crippen molar-refractivity contribution in [1.29, 1.82) is 0 Å². The van der Waals surface area contributed by atoms with Crippen LogP contribution in [0.15, 0.2) is 16.8 Å². The standard InChI is InChI=1S/C11H18N2O3/c1-13-6-4-5-9(8-13)10(12-16-3)7-11(14)15-2/h5H,4,6-8H2,1-3H3/b12-10+. The van der Waals surface area contributed by atoms with Crippen LogP contribution in [0.4, 0.5) is 0 Å². The first-order chi connectivity index (χ1) is 7.67. The number of hydrogen-bond acceptors (Lipinski definition) is 5. The fourth-order valence-corrected chi connectivity index (χ4v) is 1.63. The number of nitrogens with zero attached hydrogens (tertiary/aromatic N) is 2. The molecule has 5 nitrogen and oxygen atoms in total. The molecule has 0 fully saturated rings. The number of methoxy groups -OCH3 is 1. The monoisotopic (exact) mass is 226 g/mol. The highest BCUT2D eigenvalue weighted by Gasteiger charge is 2.17. The molecule has 0 aromatic carbocycles. The Morgan fingerprint density at radius 1 is 1.56 bits per heavy atom. The van der Waals surface area contributed by atoms with Crippen LogP contribution >= 0.6 is 0 Å². The van der Waals surface area contributed by atoms with Crippen molar-refractivity contribution in [2.75, 3.05) is 34.4 Å². The van der Waals surface area contributed by atoms with Crippen molar-refractivity contribution in [3.8, 4) is 0 Å². The maximum Gasteiger partial charge on any atom is 0.311 e. The minimum Gasteiger partial charge on any atom is -0.469 e. The average molecular weight is 226 g/mol. The van der Waals surface area contributed by atoms with E-state index in [2.05, 4.69) is 20.9 Å². The topological polar surface area (TPSA) is 51.1 Å². The van der Waals surface area contributed by atoms with Crippen molar-refractivity contribution >= 4 is 11.7 Å². The quantitative estimate of drug-likeness (QED) is 0.404. The Kier molecular flexibility index (Phi) is 4.98. The van der Waals surface area contributed by atoms with Crippen LogP contribution in [-0.4, -0.2) is 50.9 Å². The van der Waals surface area contributed by atoms with Crippen LogP contribution < -0.4 is 0 Å². The van der Waals surface area contributed by atoms with Crippen LogP contribution in [0.3, 0.4) is 0 Å². The molecule has 0 radical (unpaired) electrons. The van der Waals surface area contributed by atoms with Crippen LogP contribution in [0, 0.1) is 0 Å². The maximum absolute atomic E-state index is 11.2. The smallest absolute Gasteiger partial charge is 0.311 e. The third kappa shape index (κ3) is 3.66. The second-order valence-electron chi connectivity index (χ2n) is 3.73. The van der Waals surface area contributed by atoms with Crippen molar-refractivity contribution in [2.24, 2.45) is 5.16 Å². The summed E-state index contributed by atoms with van der Waals surface area (Å²) in [5, 5.41) is 3.89. The highest BCUT2D eigenvalue weighted by Crippen LogP contribution is 2.12. The molecular weight excluding hydrogens is 208 g/mol. The third-order valence-corrected chi connectivity index (χ3v) is 2.45. The lowest BCUT2D eigenvalue weighted by Gasteiger charge is -2.23. The first kappa shape index (κ1) is 12.7. The van der Waals surface area contributed by atoms with Crippen molar-refractivity contribution < 1.29 is 14.4 Å². The van der Waals surface area contributed by atoms with E-state index in [1.807, 2.05) is 7.05 Å². The van der Waals surface area contributed by atoms with Crippen molar-refractivity contribution in [3.63, 3.8) is 0 Å². The van der Waals surface area contributed by atoms with Gasteiger partial charge in [0.2, 0.25) is 0 Å². The lowest BCUT2D eigenvalue weighted by atomic mass is 10.0. The van der Waals surface area contributed by atoms with Gasteiger partial charge in [-0.05, 0) is 19.0 Å². The number of esters is 1. The molecule has 0 aliphatic carbocycles. The number of carbonyl (C=O) groups is 1. The van der Waals surface area contributed by atoms with Gasteiger partial charge in [0.05, 0.1) is 19.2 Å². The van der Waals surface area contributed by atoms with E-state index in [1.165, 1.54) is 14.2 Å². The zero-order valence-electron chi connectivity index (χ0n) is 10.0. The zero-order chi connectivity index (χ0) is 12.0. The Balaban J connectivity index is 2.74. The van der Waals surface area contributed by atoms with Crippen molar-refractivity contribution in [3.05, 3.63) is 11.6 Å². The summed E-state index contributed by atoms with van der Waals surface area (Å²) >= 11 is 0. The predicted octanol–water partition coefficient (Wildman–Crippen LogP) is 0.814. The molecule has 1 rings (SSSR count). The predicted molar refractivity (Wildman–Crippen MR) is 61.3 cm³/mol. The molecule has 0 amide bonds. The van der Waals surface area contributed by atoms with Crippen LogP contribution in [0.2, 0.25) is 0 Å². The number of hydrogen-bond donors (Lipinski definition) is 0. The van der Waals surface area contributed by atoms with E-state index in [1.54, 1.807) is 0 Å². The number of oxime groups is 1. The fraction of sp³-hybridized carbons (Fsp3) is 0.636. The minimum absolute atomic E-state index is 0.157. The van der Waals surface area contributed by atoms with Gasteiger partial charge < -0.3 is 14.5 Å². The first-order valence-electron chi connectivity index (χ1n) is 5.22. The second-order valence-corrected chi connectivity index (χ2v) is 3.73. The van der Waals surface area contributed by atoms with E-state index in [0.717, 1.165) is 25.1 Å². The molecule has 0 spiro atoms. The zero-order valence-corrected chi connectivity index (χ0v) is 10.0. The number of carbonyl (C=O) groups excluding carboxylic acids is 1. The molecule has 0 atom stereocenters. The fourth-order valence-electron chi connectivity index (χ4n) is 1.63. The number of likely N-dealkylation sites (N-methyl/N-ethyl adjacent to an activating group) is 1. The Morgan fingerprint density at radius 2 is 2.31 bits per heavy atom. The van der Waals surface area contributed by atoms with Gasteiger partial charge in [0.25, 0.3) is 0 Å². The summed E-state index contributed by atoms with van der Waals surface area (Å²) < 4.78 is 4.63. The first-order valence-corrected chi connectivity index (χ1v) is 5.22. The van der Waals surface area contributed by atoms with Gasteiger partial charge in [0.15, 0.2) is 0 Å². The SMILES string of the molecule is CO/N=C(\CC(=O)OC)C1=CCCN(C)C1. The van der Waals surface area contributed by atoms with Gasteiger partial charge >= 0.3 is 5.97 Å². The molecular formula is C11H18N2O3. The van der Waals surface area contributed by atoms with Gasteiger partial charge in [-0.2, -0.15) is 0 Å². The Hall–Kier alpha value is -1.36.